The first kappa shape index (κ1) is 21.7. The van der Waals surface area contributed by atoms with E-state index in [1.54, 1.807) is 29.3 Å². The van der Waals surface area contributed by atoms with Gasteiger partial charge >= 0.3 is 5.51 Å². The van der Waals surface area contributed by atoms with E-state index in [-0.39, 0.29) is 22.6 Å². The number of rotatable bonds is 5. The number of anilines is 1. The van der Waals surface area contributed by atoms with Crippen LogP contribution in [-0.2, 0) is 4.79 Å². The molecular weight excluding hydrogens is 425 g/mol. The summed E-state index contributed by atoms with van der Waals surface area (Å²) < 4.78 is 37.2. The molecule has 0 bridgehead atoms. The Hall–Kier alpha value is -2.52. The number of likely N-dealkylation sites (tertiary alicyclic amines) is 1. The summed E-state index contributed by atoms with van der Waals surface area (Å²) in [4.78, 5) is 23.4. The smallest absolute Gasteiger partial charge is 0.354 e. The van der Waals surface area contributed by atoms with Crippen LogP contribution < -0.4 is 4.90 Å². The monoisotopic (exact) mass is 448 g/mol. The van der Waals surface area contributed by atoms with Crippen LogP contribution in [0.5, 0.6) is 0 Å². The summed E-state index contributed by atoms with van der Waals surface area (Å²) in [5.74, 6) is 0.930. The molecule has 2 aliphatic heterocycles. The molecule has 0 aliphatic carbocycles. The van der Waals surface area contributed by atoms with Crippen molar-refractivity contribution in [2.24, 2.45) is 0 Å². The van der Waals surface area contributed by atoms with Crippen LogP contribution in [0.25, 0.3) is 6.08 Å². The summed E-state index contributed by atoms with van der Waals surface area (Å²) in [5, 5.41) is 0. The first-order valence-electron chi connectivity index (χ1n) is 10.1. The third-order valence-electron chi connectivity index (χ3n) is 5.51. The topological polar surface area (TPSA) is 39.7 Å². The fourth-order valence-corrected chi connectivity index (χ4v) is 4.32. The number of halogens is 3. The Labute approximate surface area is 183 Å². The summed E-state index contributed by atoms with van der Waals surface area (Å²) in [6.45, 7) is 5.14. The minimum atomic E-state index is -4.30. The molecule has 2 aromatic rings. The van der Waals surface area contributed by atoms with Crippen molar-refractivity contribution in [2.45, 2.75) is 16.4 Å². The summed E-state index contributed by atoms with van der Waals surface area (Å²) in [5.41, 5.74) is -3.60. The predicted molar refractivity (Wildman–Crippen MR) is 116 cm³/mol. The molecule has 0 spiro atoms. The first-order chi connectivity index (χ1) is 14.9. The maximum Gasteiger partial charge on any atom is 0.446 e. The minimum Gasteiger partial charge on any atom is -0.354 e. The van der Waals surface area contributed by atoms with E-state index in [0.717, 1.165) is 32.0 Å². The molecular formula is C22H23F3N4OS. The lowest BCUT2D eigenvalue weighted by molar-refractivity contribution is -0.133. The van der Waals surface area contributed by atoms with Gasteiger partial charge in [0.1, 0.15) is 5.82 Å². The van der Waals surface area contributed by atoms with Crippen molar-refractivity contribution in [1.29, 1.82) is 0 Å². The van der Waals surface area contributed by atoms with Crippen molar-refractivity contribution in [3.8, 4) is 0 Å². The summed E-state index contributed by atoms with van der Waals surface area (Å²) in [6, 6.07) is 12.3. The number of benzene rings is 1. The van der Waals surface area contributed by atoms with E-state index >= 15 is 0 Å². The summed E-state index contributed by atoms with van der Waals surface area (Å²) in [6.07, 6.45) is 4.94. The highest BCUT2D eigenvalue weighted by molar-refractivity contribution is 8.00. The lowest BCUT2D eigenvalue weighted by Gasteiger charge is -2.48. The number of amides is 1. The molecule has 2 aliphatic rings. The zero-order chi connectivity index (χ0) is 21.8. The number of piperazine rings is 1. The molecule has 31 heavy (non-hydrogen) atoms. The van der Waals surface area contributed by atoms with Crippen molar-refractivity contribution < 1.29 is 18.0 Å². The third-order valence-corrected chi connectivity index (χ3v) is 6.25. The zero-order valence-corrected chi connectivity index (χ0v) is 17.6. The van der Waals surface area contributed by atoms with Gasteiger partial charge in [-0.25, -0.2) is 4.98 Å². The van der Waals surface area contributed by atoms with Crippen LogP contribution in [0.4, 0.5) is 19.0 Å². The van der Waals surface area contributed by atoms with Crippen molar-refractivity contribution in [2.75, 3.05) is 44.2 Å². The van der Waals surface area contributed by atoms with Gasteiger partial charge in [-0.05, 0) is 47.7 Å². The SMILES string of the molecule is O=C(C=Cc1ccc(SC(F)(F)F)cc1)N1CC(N2CCN(c3ccccn3)CC2)C1. The molecule has 1 aromatic carbocycles. The van der Waals surface area contributed by atoms with Crippen LogP contribution in [0, 0.1) is 0 Å². The molecule has 0 radical (unpaired) electrons. The fraction of sp³-hybridized carbons (Fsp3) is 0.364. The first-order valence-corrected chi connectivity index (χ1v) is 10.9. The normalized spacial score (nSPS) is 18.4. The van der Waals surface area contributed by atoms with Gasteiger partial charge in [0.25, 0.3) is 0 Å². The van der Waals surface area contributed by atoms with Gasteiger partial charge in [0.2, 0.25) is 5.91 Å². The van der Waals surface area contributed by atoms with Gasteiger partial charge < -0.3 is 9.80 Å². The van der Waals surface area contributed by atoms with Crippen LogP contribution in [0.1, 0.15) is 5.56 Å². The van der Waals surface area contributed by atoms with Crippen molar-refractivity contribution in [3.05, 3.63) is 60.3 Å². The van der Waals surface area contributed by atoms with Crippen molar-refractivity contribution in [3.63, 3.8) is 0 Å². The van der Waals surface area contributed by atoms with Crippen LogP contribution in [0.2, 0.25) is 0 Å². The van der Waals surface area contributed by atoms with E-state index in [4.69, 9.17) is 0 Å². The van der Waals surface area contributed by atoms with Crippen LogP contribution in [0.15, 0.2) is 59.6 Å². The maximum atomic E-state index is 12.4. The summed E-state index contributed by atoms with van der Waals surface area (Å²) >= 11 is -0.146. The molecule has 0 N–H and O–H groups in total. The molecule has 0 unspecified atom stereocenters. The minimum absolute atomic E-state index is 0.0721. The van der Waals surface area contributed by atoms with E-state index in [0.29, 0.717) is 24.7 Å². The molecule has 3 heterocycles. The van der Waals surface area contributed by atoms with Crippen LogP contribution in [0.3, 0.4) is 0 Å². The zero-order valence-electron chi connectivity index (χ0n) is 16.8. The lowest BCUT2D eigenvalue weighted by Crippen LogP contribution is -2.64. The van der Waals surface area contributed by atoms with Gasteiger partial charge in [-0.1, -0.05) is 18.2 Å². The van der Waals surface area contributed by atoms with Gasteiger partial charge in [0, 0.05) is 62.5 Å². The molecule has 0 saturated carbocycles. The number of carbonyl (C=O) groups is 1. The number of hydrogen-bond donors (Lipinski definition) is 0. The van der Waals surface area contributed by atoms with Gasteiger partial charge in [-0.3, -0.25) is 9.69 Å². The van der Waals surface area contributed by atoms with Gasteiger partial charge in [-0.15, -0.1) is 0 Å². The van der Waals surface area contributed by atoms with Gasteiger partial charge in [-0.2, -0.15) is 13.2 Å². The Morgan fingerprint density at radius 1 is 1.03 bits per heavy atom. The number of hydrogen-bond acceptors (Lipinski definition) is 5. The van der Waals surface area contributed by atoms with E-state index < -0.39 is 5.51 Å². The van der Waals surface area contributed by atoms with E-state index in [2.05, 4.69) is 14.8 Å². The number of aromatic nitrogens is 1. The Morgan fingerprint density at radius 2 is 1.74 bits per heavy atom. The largest absolute Gasteiger partial charge is 0.446 e. The number of carbonyl (C=O) groups excluding carboxylic acids is 1. The molecule has 2 saturated heterocycles. The molecule has 0 atom stereocenters. The van der Waals surface area contributed by atoms with Crippen molar-refractivity contribution in [1.82, 2.24) is 14.8 Å². The highest BCUT2D eigenvalue weighted by atomic mass is 32.2. The highest BCUT2D eigenvalue weighted by Gasteiger charge is 2.35. The molecule has 164 valence electrons. The maximum absolute atomic E-state index is 12.4. The van der Waals surface area contributed by atoms with E-state index in [1.807, 2.05) is 18.2 Å². The Bertz CT molecular complexity index is 907. The standard InChI is InChI=1S/C22H23F3N4OS/c23-22(24,25)31-19-7-4-17(5-8-19)6-9-21(30)29-15-18(16-29)27-11-13-28(14-12-27)20-3-1-2-10-26-20/h1-10,18H,11-16H2. The fourth-order valence-electron chi connectivity index (χ4n) is 3.78. The Kier molecular flexibility index (Phi) is 6.52. The highest BCUT2D eigenvalue weighted by Crippen LogP contribution is 2.36. The Balaban J connectivity index is 1.21. The second kappa shape index (κ2) is 9.32. The molecule has 9 heteroatoms. The second-order valence-corrected chi connectivity index (χ2v) is 8.70. The molecule has 5 nitrogen and oxygen atoms in total. The molecule has 1 amide bonds. The average Bonchev–Trinajstić information content (AvgIpc) is 2.72. The van der Waals surface area contributed by atoms with E-state index in [1.165, 1.54) is 18.2 Å². The van der Waals surface area contributed by atoms with E-state index in [9.17, 15) is 18.0 Å². The third kappa shape index (κ3) is 5.80. The molecule has 4 rings (SSSR count). The second-order valence-electron chi connectivity index (χ2n) is 7.56. The number of alkyl halides is 3. The molecule has 2 fully saturated rings. The number of thioether (sulfide) groups is 1. The number of pyridine rings is 1. The van der Waals surface area contributed by atoms with Gasteiger partial charge in [0.05, 0.1) is 0 Å². The molecule has 1 aromatic heterocycles. The average molecular weight is 449 g/mol. The summed E-state index contributed by atoms with van der Waals surface area (Å²) in [7, 11) is 0. The predicted octanol–water partition coefficient (Wildman–Crippen LogP) is 3.74. The van der Waals surface area contributed by atoms with Crippen molar-refractivity contribution >= 4 is 29.6 Å². The van der Waals surface area contributed by atoms with Gasteiger partial charge in [0.15, 0.2) is 0 Å². The van der Waals surface area contributed by atoms with Crippen LogP contribution >= 0.6 is 11.8 Å². The van der Waals surface area contributed by atoms with Crippen LogP contribution in [-0.4, -0.2) is 71.5 Å². The lowest BCUT2D eigenvalue weighted by atomic mass is 10.1. The quantitative estimate of drug-likeness (QED) is 0.515. The Morgan fingerprint density at radius 3 is 2.35 bits per heavy atom. The number of nitrogens with zero attached hydrogens (tertiary/aromatic N) is 4.